The van der Waals surface area contributed by atoms with Crippen molar-refractivity contribution in [2.24, 2.45) is 0 Å². The van der Waals surface area contributed by atoms with Crippen molar-refractivity contribution < 1.29 is 33.3 Å². The molecule has 0 aliphatic carbocycles. The molecule has 0 amide bonds. The fourth-order valence-corrected chi connectivity index (χ4v) is 3.40. The minimum atomic E-state index is -0.735. The van der Waals surface area contributed by atoms with Crippen LogP contribution in [0.5, 0.6) is 5.75 Å². The number of esters is 3. The van der Waals surface area contributed by atoms with Crippen molar-refractivity contribution in [2.75, 3.05) is 26.6 Å². The highest BCUT2D eigenvalue weighted by Gasteiger charge is 2.28. The predicted octanol–water partition coefficient (Wildman–Crippen LogP) is 2.64. The fourth-order valence-electron chi connectivity index (χ4n) is 2.42. The maximum Gasteiger partial charge on any atom is 0.348 e. The van der Waals surface area contributed by atoms with Gasteiger partial charge in [-0.15, -0.1) is 11.3 Å². The first-order chi connectivity index (χ1) is 13.3. The van der Waals surface area contributed by atoms with Gasteiger partial charge in [-0.25, -0.2) is 14.4 Å². The Kier molecular flexibility index (Phi) is 7.00. The van der Waals surface area contributed by atoms with Gasteiger partial charge in [-0.2, -0.15) is 0 Å². The molecule has 0 atom stereocenters. The molecule has 150 valence electrons. The number of rotatable bonds is 7. The van der Waals surface area contributed by atoms with Crippen LogP contribution in [0, 0.1) is 13.8 Å². The molecule has 0 radical (unpaired) electrons. The number of carbonyl (C=O) groups excluding carboxylic acids is 3. The van der Waals surface area contributed by atoms with E-state index in [4.69, 9.17) is 24.7 Å². The number of methoxy groups -OCH3 is 2. The zero-order valence-corrected chi connectivity index (χ0v) is 16.8. The minimum Gasteiger partial charge on any atom is -0.482 e. The third kappa shape index (κ3) is 4.61. The van der Waals surface area contributed by atoms with E-state index in [2.05, 4.69) is 0 Å². The molecule has 1 heterocycles. The molecule has 2 aromatic rings. The number of ether oxygens (including phenoxy) is 4. The van der Waals surface area contributed by atoms with E-state index in [0.29, 0.717) is 5.75 Å². The third-order valence-corrected chi connectivity index (χ3v) is 5.11. The number of nitrogen functional groups attached to an aromatic ring is 1. The molecule has 0 saturated carbocycles. The average Bonchev–Trinajstić information content (AvgIpc) is 3.02. The molecule has 9 heteroatoms. The van der Waals surface area contributed by atoms with Crippen LogP contribution in [0.3, 0.4) is 0 Å². The van der Waals surface area contributed by atoms with Crippen LogP contribution in [0.2, 0.25) is 0 Å². The van der Waals surface area contributed by atoms with Gasteiger partial charge in [0, 0.05) is 5.56 Å². The van der Waals surface area contributed by atoms with Crippen LogP contribution in [0.15, 0.2) is 18.2 Å². The van der Waals surface area contributed by atoms with E-state index < -0.39 is 17.9 Å². The van der Waals surface area contributed by atoms with Crippen LogP contribution in [0.1, 0.15) is 36.7 Å². The molecule has 0 aliphatic rings. The highest BCUT2D eigenvalue weighted by molar-refractivity contribution is 7.18. The van der Waals surface area contributed by atoms with Crippen LogP contribution < -0.4 is 10.5 Å². The minimum absolute atomic E-state index is 0.0175. The van der Waals surface area contributed by atoms with E-state index in [0.717, 1.165) is 22.5 Å². The summed E-state index contributed by atoms with van der Waals surface area (Å²) in [5, 5.41) is 0.0740. The molecule has 0 bridgehead atoms. The molecule has 2 N–H and O–H groups in total. The lowest BCUT2D eigenvalue weighted by molar-refractivity contribution is -0.147. The number of anilines is 1. The summed E-state index contributed by atoms with van der Waals surface area (Å²) in [6.45, 7) is 3.14. The molecule has 1 aromatic carbocycles. The predicted molar refractivity (Wildman–Crippen MR) is 103 cm³/mol. The molecule has 2 rings (SSSR count). The molecule has 0 saturated heterocycles. The van der Waals surface area contributed by atoms with Crippen LogP contribution in [0.25, 0.3) is 0 Å². The third-order valence-electron chi connectivity index (χ3n) is 4.07. The molecular weight excluding hydrogens is 386 g/mol. The lowest BCUT2D eigenvalue weighted by atomic mass is 10.1. The van der Waals surface area contributed by atoms with Crippen molar-refractivity contribution in [1.82, 2.24) is 0 Å². The highest BCUT2D eigenvalue weighted by Crippen LogP contribution is 2.33. The second-order valence-corrected chi connectivity index (χ2v) is 6.83. The van der Waals surface area contributed by atoms with Crippen molar-refractivity contribution in [2.45, 2.75) is 20.5 Å². The smallest absolute Gasteiger partial charge is 0.348 e. The first-order valence-corrected chi connectivity index (χ1v) is 9.04. The molecular formula is C19H21NO7S. The van der Waals surface area contributed by atoms with Crippen molar-refractivity contribution in [1.29, 1.82) is 0 Å². The van der Waals surface area contributed by atoms with Crippen LogP contribution in [-0.2, 0) is 25.6 Å². The number of benzene rings is 1. The number of aryl methyl sites for hydroxylation is 1. The van der Waals surface area contributed by atoms with Gasteiger partial charge in [0.15, 0.2) is 6.61 Å². The Balaban J connectivity index is 2.12. The lowest BCUT2D eigenvalue weighted by Crippen LogP contribution is -2.17. The lowest BCUT2D eigenvalue weighted by Gasteiger charge is -2.11. The second-order valence-electron chi connectivity index (χ2n) is 5.78. The molecule has 1 aromatic heterocycles. The molecule has 28 heavy (non-hydrogen) atoms. The summed E-state index contributed by atoms with van der Waals surface area (Å²) in [5.41, 5.74) is 7.90. The number of thiophene rings is 1. The van der Waals surface area contributed by atoms with E-state index in [1.807, 2.05) is 26.0 Å². The summed E-state index contributed by atoms with van der Waals surface area (Å²) in [6.07, 6.45) is 0. The first-order valence-electron chi connectivity index (χ1n) is 8.22. The topological polar surface area (TPSA) is 114 Å². The Morgan fingerprint density at radius 3 is 2.39 bits per heavy atom. The summed E-state index contributed by atoms with van der Waals surface area (Å²) in [7, 11) is 2.38. The van der Waals surface area contributed by atoms with Crippen molar-refractivity contribution >= 4 is 34.2 Å². The molecule has 0 fully saturated rings. The Morgan fingerprint density at radius 2 is 1.75 bits per heavy atom. The van der Waals surface area contributed by atoms with Gasteiger partial charge >= 0.3 is 17.9 Å². The van der Waals surface area contributed by atoms with Crippen LogP contribution in [-0.4, -0.2) is 38.7 Å². The monoisotopic (exact) mass is 407 g/mol. The Hall–Kier alpha value is -3.07. The molecule has 8 nitrogen and oxygen atoms in total. The van der Waals surface area contributed by atoms with Gasteiger partial charge in [-0.05, 0) is 31.0 Å². The van der Waals surface area contributed by atoms with Gasteiger partial charge in [0.05, 0.1) is 14.2 Å². The summed E-state index contributed by atoms with van der Waals surface area (Å²) in [4.78, 5) is 36.1. The molecule has 0 aliphatic heterocycles. The van der Waals surface area contributed by atoms with E-state index in [1.54, 1.807) is 6.07 Å². The number of hydrogen-bond acceptors (Lipinski definition) is 9. The normalized spacial score (nSPS) is 10.3. The van der Waals surface area contributed by atoms with Crippen molar-refractivity contribution in [3.63, 3.8) is 0 Å². The standard InChI is InChI=1S/C19H21NO7S/c1-10-6-5-7-13(11(10)2)26-9-14(21)27-8-12-15(18(22)24-3)17(20)28-16(12)19(23)25-4/h5-7H,8-9,20H2,1-4H3. The summed E-state index contributed by atoms with van der Waals surface area (Å²) in [5.74, 6) is -1.52. The Bertz CT molecular complexity index is 904. The summed E-state index contributed by atoms with van der Waals surface area (Å²) < 4.78 is 20.1. The van der Waals surface area contributed by atoms with Gasteiger partial charge in [-0.1, -0.05) is 12.1 Å². The summed E-state index contributed by atoms with van der Waals surface area (Å²) >= 11 is 0.863. The second kappa shape index (κ2) is 9.23. The van der Waals surface area contributed by atoms with Crippen LogP contribution >= 0.6 is 11.3 Å². The highest BCUT2D eigenvalue weighted by atomic mass is 32.1. The van der Waals surface area contributed by atoms with Gasteiger partial charge in [0.1, 0.15) is 27.8 Å². The fraction of sp³-hybridized carbons (Fsp3) is 0.316. The molecule has 0 spiro atoms. The van der Waals surface area contributed by atoms with Crippen LogP contribution in [0.4, 0.5) is 5.00 Å². The maximum atomic E-state index is 12.1. The van der Waals surface area contributed by atoms with E-state index in [9.17, 15) is 14.4 Å². The zero-order valence-electron chi connectivity index (χ0n) is 16.0. The zero-order chi connectivity index (χ0) is 20.8. The quantitative estimate of drug-likeness (QED) is 0.550. The van der Waals surface area contributed by atoms with Crippen molar-refractivity contribution in [3.05, 3.63) is 45.3 Å². The van der Waals surface area contributed by atoms with E-state index >= 15 is 0 Å². The van der Waals surface area contributed by atoms with Crippen molar-refractivity contribution in [3.8, 4) is 5.75 Å². The SMILES string of the molecule is COC(=O)c1sc(N)c(C(=O)OC)c1COC(=O)COc1cccc(C)c1C. The maximum absolute atomic E-state index is 12.1. The average molecular weight is 407 g/mol. The van der Waals surface area contributed by atoms with E-state index in [1.165, 1.54) is 14.2 Å². The number of nitrogens with two attached hydrogens (primary N) is 1. The number of hydrogen-bond donors (Lipinski definition) is 1. The van der Waals surface area contributed by atoms with E-state index in [-0.39, 0.29) is 34.2 Å². The first kappa shape index (κ1) is 21.2. The van der Waals surface area contributed by atoms with Gasteiger partial charge in [0.2, 0.25) is 0 Å². The van der Waals surface area contributed by atoms with Gasteiger partial charge < -0.3 is 24.7 Å². The largest absolute Gasteiger partial charge is 0.482 e. The van der Waals surface area contributed by atoms with Gasteiger partial charge in [-0.3, -0.25) is 0 Å². The summed E-state index contributed by atoms with van der Waals surface area (Å²) in [6, 6.07) is 5.51. The Labute approximate surface area is 166 Å². The number of carbonyl (C=O) groups is 3. The Morgan fingerprint density at radius 1 is 1.07 bits per heavy atom. The van der Waals surface area contributed by atoms with Gasteiger partial charge in [0.25, 0.3) is 0 Å². The molecule has 0 unspecified atom stereocenters.